The van der Waals surface area contributed by atoms with Crippen molar-refractivity contribution in [2.75, 3.05) is 13.7 Å². The first kappa shape index (κ1) is 12.1. The van der Waals surface area contributed by atoms with Crippen LogP contribution in [0, 0.1) is 5.82 Å². The van der Waals surface area contributed by atoms with E-state index in [1.807, 2.05) is 6.07 Å². The fraction of sp³-hybridized carbons (Fsp3) is 0.500. The zero-order chi connectivity index (χ0) is 11.1. The Morgan fingerprint density at radius 3 is 2.80 bits per heavy atom. The van der Waals surface area contributed by atoms with Crippen LogP contribution in [-0.2, 0) is 17.8 Å². The molecule has 0 aliphatic rings. The number of hydrogen-bond donors (Lipinski definition) is 1. The van der Waals surface area contributed by atoms with E-state index in [0.29, 0.717) is 13.2 Å². The number of rotatable bonds is 6. The van der Waals surface area contributed by atoms with E-state index in [0.717, 1.165) is 30.4 Å². The first-order chi connectivity index (χ1) is 7.27. The van der Waals surface area contributed by atoms with E-state index >= 15 is 0 Å². The van der Waals surface area contributed by atoms with Gasteiger partial charge >= 0.3 is 0 Å². The van der Waals surface area contributed by atoms with Crippen LogP contribution < -0.4 is 5.73 Å². The summed E-state index contributed by atoms with van der Waals surface area (Å²) < 4.78 is 18.4. The third-order valence-electron chi connectivity index (χ3n) is 2.32. The molecule has 1 aromatic carbocycles. The van der Waals surface area contributed by atoms with Gasteiger partial charge in [-0.05, 0) is 43.0 Å². The van der Waals surface area contributed by atoms with Crippen molar-refractivity contribution in [3.8, 4) is 0 Å². The van der Waals surface area contributed by atoms with Crippen molar-refractivity contribution in [1.82, 2.24) is 0 Å². The van der Waals surface area contributed by atoms with E-state index in [1.165, 1.54) is 6.07 Å². The highest BCUT2D eigenvalue weighted by Crippen LogP contribution is 2.14. The third-order valence-corrected chi connectivity index (χ3v) is 2.32. The minimum Gasteiger partial charge on any atom is -0.380 e. The molecule has 0 spiro atoms. The molecule has 2 nitrogen and oxygen atoms in total. The van der Waals surface area contributed by atoms with Gasteiger partial charge in [-0.1, -0.05) is 12.1 Å². The number of ether oxygens (including phenoxy) is 1. The zero-order valence-corrected chi connectivity index (χ0v) is 9.13. The van der Waals surface area contributed by atoms with Crippen molar-refractivity contribution < 1.29 is 9.13 Å². The lowest BCUT2D eigenvalue weighted by molar-refractivity contribution is 0.184. The molecular formula is C12H18FNO. The lowest BCUT2D eigenvalue weighted by Crippen LogP contribution is -2.00. The molecule has 0 heterocycles. The van der Waals surface area contributed by atoms with Gasteiger partial charge in [0.1, 0.15) is 5.82 Å². The van der Waals surface area contributed by atoms with Gasteiger partial charge in [0.25, 0.3) is 0 Å². The quantitative estimate of drug-likeness (QED) is 0.732. The van der Waals surface area contributed by atoms with E-state index in [1.54, 1.807) is 13.2 Å². The van der Waals surface area contributed by atoms with E-state index in [2.05, 4.69) is 0 Å². The molecule has 0 radical (unpaired) electrons. The van der Waals surface area contributed by atoms with E-state index in [4.69, 9.17) is 10.5 Å². The monoisotopic (exact) mass is 211 g/mol. The number of methoxy groups -OCH3 is 1. The van der Waals surface area contributed by atoms with E-state index in [9.17, 15) is 4.39 Å². The molecule has 0 saturated carbocycles. The highest BCUT2D eigenvalue weighted by molar-refractivity contribution is 5.24. The summed E-state index contributed by atoms with van der Waals surface area (Å²) in [6, 6.07) is 5.13. The SMILES string of the molecule is COCc1ccc(F)c(CCCCN)c1. The predicted octanol–water partition coefficient (Wildman–Crippen LogP) is 2.25. The van der Waals surface area contributed by atoms with Crippen molar-refractivity contribution >= 4 is 0 Å². The standard InChI is InChI=1S/C12H18FNO/c1-15-9-10-5-6-12(13)11(8-10)4-2-3-7-14/h5-6,8H,2-4,7,9,14H2,1H3. The normalized spacial score (nSPS) is 10.6. The van der Waals surface area contributed by atoms with Crippen molar-refractivity contribution in [2.45, 2.75) is 25.9 Å². The molecule has 0 aliphatic heterocycles. The van der Waals surface area contributed by atoms with Crippen molar-refractivity contribution in [3.05, 3.63) is 35.1 Å². The molecule has 1 aromatic rings. The van der Waals surface area contributed by atoms with Gasteiger partial charge in [0.2, 0.25) is 0 Å². The van der Waals surface area contributed by atoms with Crippen LogP contribution in [0.4, 0.5) is 4.39 Å². The summed E-state index contributed by atoms with van der Waals surface area (Å²) in [5.74, 6) is -0.133. The minimum atomic E-state index is -0.133. The largest absolute Gasteiger partial charge is 0.380 e. The Morgan fingerprint density at radius 1 is 1.33 bits per heavy atom. The molecule has 0 saturated heterocycles. The molecule has 0 unspecified atom stereocenters. The zero-order valence-electron chi connectivity index (χ0n) is 9.13. The van der Waals surface area contributed by atoms with Gasteiger partial charge in [0, 0.05) is 7.11 Å². The van der Waals surface area contributed by atoms with Crippen LogP contribution in [0.15, 0.2) is 18.2 Å². The molecule has 0 atom stereocenters. The Morgan fingerprint density at radius 2 is 2.13 bits per heavy atom. The molecule has 0 bridgehead atoms. The minimum absolute atomic E-state index is 0.133. The number of benzene rings is 1. The van der Waals surface area contributed by atoms with Crippen LogP contribution in [0.1, 0.15) is 24.0 Å². The molecule has 0 aliphatic carbocycles. The van der Waals surface area contributed by atoms with Gasteiger partial charge in [-0.3, -0.25) is 0 Å². The number of nitrogens with two attached hydrogens (primary N) is 1. The number of aryl methyl sites for hydroxylation is 1. The maximum atomic E-state index is 13.4. The van der Waals surface area contributed by atoms with Crippen molar-refractivity contribution in [3.63, 3.8) is 0 Å². The molecule has 0 fully saturated rings. The molecule has 15 heavy (non-hydrogen) atoms. The Balaban J connectivity index is 2.63. The maximum Gasteiger partial charge on any atom is 0.126 e. The molecule has 0 amide bonds. The van der Waals surface area contributed by atoms with Crippen molar-refractivity contribution in [2.24, 2.45) is 5.73 Å². The van der Waals surface area contributed by atoms with Gasteiger partial charge in [-0.25, -0.2) is 4.39 Å². The molecule has 84 valence electrons. The predicted molar refractivity (Wildman–Crippen MR) is 59.1 cm³/mol. The van der Waals surface area contributed by atoms with Crippen LogP contribution >= 0.6 is 0 Å². The third kappa shape index (κ3) is 3.98. The fourth-order valence-corrected chi connectivity index (χ4v) is 1.54. The van der Waals surface area contributed by atoms with E-state index < -0.39 is 0 Å². The Bertz CT molecular complexity index is 302. The van der Waals surface area contributed by atoms with Crippen LogP contribution in [0.25, 0.3) is 0 Å². The Labute approximate surface area is 90.2 Å². The lowest BCUT2D eigenvalue weighted by Gasteiger charge is -2.06. The average molecular weight is 211 g/mol. The van der Waals surface area contributed by atoms with Gasteiger partial charge < -0.3 is 10.5 Å². The van der Waals surface area contributed by atoms with E-state index in [-0.39, 0.29) is 5.82 Å². The molecule has 3 heteroatoms. The summed E-state index contributed by atoms with van der Waals surface area (Å²) in [6.07, 6.45) is 2.62. The molecule has 0 aromatic heterocycles. The molecular weight excluding hydrogens is 193 g/mol. The second-order valence-electron chi connectivity index (χ2n) is 3.60. The Kier molecular flexibility index (Phi) is 5.29. The summed E-state index contributed by atoms with van der Waals surface area (Å²) in [4.78, 5) is 0. The first-order valence-electron chi connectivity index (χ1n) is 5.24. The lowest BCUT2D eigenvalue weighted by atomic mass is 10.0. The van der Waals surface area contributed by atoms with Gasteiger partial charge in [-0.2, -0.15) is 0 Å². The Hall–Kier alpha value is -0.930. The maximum absolute atomic E-state index is 13.4. The van der Waals surface area contributed by atoms with Crippen LogP contribution in [0.2, 0.25) is 0 Å². The number of unbranched alkanes of at least 4 members (excludes halogenated alkanes) is 1. The summed E-state index contributed by atoms with van der Waals surface area (Å²) in [6.45, 7) is 1.20. The summed E-state index contributed by atoms with van der Waals surface area (Å²) in [5, 5.41) is 0. The van der Waals surface area contributed by atoms with Gasteiger partial charge in [0.15, 0.2) is 0 Å². The highest BCUT2D eigenvalue weighted by atomic mass is 19.1. The molecule has 1 rings (SSSR count). The summed E-state index contributed by atoms with van der Waals surface area (Å²) >= 11 is 0. The van der Waals surface area contributed by atoms with Gasteiger partial charge in [0.05, 0.1) is 6.61 Å². The van der Waals surface area contributed by atoms with Gasteiger partial charge in [-0.15, -0.1) is 0 Å². The summed E-state index contributed by atoms with van der Waals surface area (Å²) in [7, 11) is 1.64. The number of halogens is 1. The number of hydrogen-bond acceptors (Lipinski definition) is 2. The van der Waals surface area contributed by atoms with Crippen LogP contribution in [-0.4, -0.2) is 13.7 Å². The average Bonchev–Trinajstić information content (AvgIpc) is 2.23. The second kappa shape index (κ2) is 6.53. The highest BCUT2D eigenvalue weighted by Gasteiger charge is 2.03. The second-order valence-corrected chi connectivity index (χ2v) is 3.60. The first-order valence-corrected chi connectivity index (χ1v) is 5.24. The van der Waals surface area contributed by atoms with Crippen molar-refractivity contribution in [1.29, 1.82) is 0 Å². The van der Waals surface area contributed by atoms with Crippen LogP contribution in [0.3, 0.4) is 0 Å². The fourth-order valence-electron chi connectivity index (χ4n) is 1.54. The molecule has 2 N–H and O–H groups in total. The summed E-state index contributed by atoms with van der Waals surface area (Å²) in [5.41, 5.74) is 7.17. The topological polar surface area (TPSA) is 35.2 Å². The van der Waals surface area contributed by atoms with Crippen LogP contribution in [0.5, 0.6) is 0 Å². The smallest absolute Gasteiger partial charge is 0.126 e.